The van der Waals surface area contributed by atoms with E-state index in [-0.39, 0.29) is 24.8 Å². The van der Waals surface area contributed by atoms with Gasteiger partial charge in [-0.15, -0.1) is 0 Å². The normalized spacial score (nSPS) is 19.6. The van der Waals surface area contributed by atoms with Gasteiger partial charge in [0.15, 0.2) is 0 Å². The summed E-state index contributed by atoms with van der Waals surface area (Å²) in [6.07, 6.45) is 0. The molecule has 32 heavy (non-hydrogen) atoms. The second kappa shape index (κ2) is 9.74. The van der Waals surface area contributed by atoms with E-state index in [1.165, 1.54) is 11.1 Å². The molecule has 170 valence electrons. The Balaban J connectivity index is 0.00000181. The van der Waals surface area contributed by atoms with Crippen molar-refractivity contribution in [3.05, 3.63) is 77.3 Å². The van der Waals surface area contributed by atoms with Crippen molar-refractivity contribution < 1.29 is 46.1 Å². The number of halogens is 2. The van der Waals surface area contributed by atoms with Crippen molar-refractivity contribution in [1.82, 2.24) is 0 Å². The smallest absolute Gasteiger partial charge is 1.00 e. The predicted molar refractivity (Wildman–Crippen MR) is 137 cm³/mol. The van der Waals surface area contributed by atoms with Gasteiger partial charge in [0.1, 0.15) is 0 Å². The van der Waals surface area contributed by atoms with E-state index in [2.05, 4.69) is 102 Å². The van der Waals surface area contributed by atoms with Crippen molar-refractivity contribution in [2.24, 2.45) is 0 Å². The summed E-state index contributed by atoms with van der Waals surface area (Å²) in [5.41, 5.74) is 10.7. The Kier molecular flexibility index (Phi) is 8.50. The maximum atomic E-state index is 5.12. The molecule has 0 aromatic heterocycles. The maximum absolute atomic E-state index is 5.12. The van der Waals surface area contributed by atoms with Gasteiger partial charge in [0.2, 0.25) is 0 Å². The second-order valence-corrected chi connectivity index (χ2v) is 26.9. The second-order valence-electron chi connectivity index (χ2n) is 11.3. The zero-order chi connectivity index (χ0) is 22.0. The molecule has 4 rings (SSSR count). The van der Waals surface area contributed by atoms with E-state index in [9.17, 15) is 0 Å². The van der Waals surface area contributed by atoms with E-state index in [4.69, 9.17) is 4.21 Å². The standard InChI is InChI=1S/2C13H17Si.CH2.2ClH.Zr/c2*1-10-9-13(14(2,3)4)12-8-6-5-7-11(10)12;;;;/h2*5-8,13H,1-4H3;1H2;2*1H;/q;;;;;+2/p-2/t2*13-;;;;/m10..../s1. The first-order valence-corrected chi connectivity index (χ1v) is 22.6. The topological polar surface area (TPSA) is 0 Å². The van der Waals surface area contributed by atoms with Crippen LogP contribution in [0.25, 0.3) is 11.1 Å². The molecule has 0 nitrogen and oxygen atoms in total. The van der Waals surface area contributed by atoms with Crippen molar-refractivity contribution in [2.45, 2.75) is 64.2 Å². The Bertz CT molecular complexity index is 1030. The number of allylic oxidation sites excluding steroid dienone is 4. The SMILES string of the molecule is [CH2]=[Zr+2]([C]1=C(C)c2ccccc2[C@@H]1[Si](C)(C)C)[C]1=C(C)c2ccccc2[C@H]1[Si](C)(C)C.[Cl-].[Cl-]. The van der Waals surface area contributed by atoms with Gasteiger partial charge in [-0.1, -0.05) is 0 Å². The van der Waals surface area contributed by atoms with Crippen LogP contribution in [0.4, 0.5) is 0 Å². The molecule has 2 aromatic rings. The van der Waals surface area contributed by atoms with Gasteiger partial charge in [-0.25, -0.2) is 0 Å². The summed E-state index contributed by atoms with van der Waals surface area (Å²) in [7, 11) is -2.85. The minimum atomic E-state index is -2.27. The van der Waals surface area contributed by atoms with Gasteiger partial charge in [-0.3, -0.25) is 0 Å². The molecular formula is C27H36Cl2Si2Zr. The van der Waals surface area contributed by atoms with Gasteiger partial charge in [0.05, 0.1) is 0 Å². The van der Waals surface area contributed by atoms with Crippen LogP contribution in [0, 0.1) is 0 Å². The molecule has 5 heteroatoms. The van der Waals surface area contributed by atoms with Gasteiger partial charge < -0.3 is 24.8 Å². The molecule has 0 saturated carbocycles. The average Bonchev–Trinajstić information content (AvgIpc) is 3.14. The van der Waals surface area contributed by atoms with Crippen molar-refractivity contribution in [3.63, 3.8) is 0 Å². The molecule has 0 spiro atoms. The van der Waals surface area contributed by atoms with Gasteiger partial charge in [0.25, 0.3) is 0 Å². The monoisotopic (exact) mass is 576 g/mol. The summed E-state index contributed by atoms with van der Waals surface area (Å²) >= 11 is -2.27. The van der Waals surface area contributed by atoms with Crippen molar-refractivity contribution in [2.75, 3.05) is 0 Å². The molecule has 0 aliphatic heterocycles. The van der Waals surface area contributed by atoms with Crippen LogP contribution in [0.15, 0.2) is 55.1 Å². The molecule has 0 saturated heterocycles. The van der Waals surface area contributed by atoms with Crippen LogP contribution < -0.4 is 24.8 Å². The predicted octanol–water partition coefficient (Wildman–Crippen LogP) is 1.86. The van der Waals surface area contributed by atoms with Gasteiger partial charge in [0, 0.05) is 0 Å². The van der Waals surface area contributed by atoms with Crippen molar-refractivity contribution >= 4 is 31.5 Å². The van der Waals surface area contributed by atoms with Crippen LogP contribution in [0.3, 0.4) is 0 Å². The molecule has 0 fully saturated rings. The fourth-order valence-corrected chi connectivity index (χ4v) is 25.0. The molecule has 2 aliphatic rings. The largest absolute Gasteiger partial charge is 1.00 e. The Labute approximate surface area is 217 Å². The fourth-order valence-electron chi connectivity index (χ4n) is 5.96. The molecular weight excluding hydrogens is 543 g/mol. The van der Waals surface area contributed by atoms with E-state index < -0.39 is 37.4 Å². The van der Waals surface area contributed by atoms with Gasteiger partial charge in [-0.05, 0) is 0 Å². The molecule has 0 N–H and O–H groups in total. The van der Waals surface area contributed by atoms with E-state index in [1.54, 1.807) is 22.3 Å². The summed E-state index contributed by atoms with van der Waals surface area (Å²) in [4.78, 5) is 0. The summed E-state index contributed by atoms with van der Waals surface area (Å²) in [6.45, 7) is 20.2. The number of hydrogen-bond donors (Lipinski definition) is 0. The summed E-state index contributed by atoms with van der Waals surface area (Å²) in [5, 5.41) is 0. The van der Waals surface area contributed by atoms with Crippen molar-refractivity contribution in [3.8, 4) is 0 Å². The Morgan fingerprint density at radius 3 is 1.25 bits per heavy atom. The van der Waals surface area contributed by atoms with Gasteiger partial charge in [-0.2, -0.15) is 0 Å². The van der Waals surface area contributed by atoms with Crippen LogP contribution in [-0.4, -0.2) is 20.4 Å². The van der Waals surface area contributed by atoms with E-state index in [0.717, 1.165) is 0 Å². The molecule has 0 heterocycles. The number of hydrogen-bond acceptors (Lipinski definition) is 0. The average molecular weight is 579 g/mol. The third-order valence-corrected chi connectivity index (χ3v) is 19.7. The summed E-state index contributed by atoms with van der Waals surface area (Å²) in [5.74, 6) is 0. The molecule has 0 radical (unpaired) electrons. The minimum Gasteiger partial charge on any atom is -1.00 e. The number of rotatable bonds is 4. The van der Waals surface area contributed by atoms with E-state index >= 15 is 0 Å². The van der Waals surface area contributed by atoms with E-state index in [0.29, 0.717) is 11.1 Å². The van der Waals surface area contributed by atoms with Crippen LogP contribution in [0.1, 0.15) is 47.2 Å². The number of fused-ring (bicyclic) bond motifs is 2. The first kappa shape index (κ1) is 27.9. The molecule has 2 atom stereocenters. The van der Waals surface area contributed by atoms with Crippen LogP contribution in [0.2, 0.25) is 39.3 Å². The number of benzene rings is 2. The van der Waals surface area contributed by atoms with Crippen LogP contribution in [0.5, 0.6) is 0 Å². The Morgan fingerprint density at radius 1 is 0.625 bits per heavy atom. The summed E-state index contributed by atoms with van der Waals surface area (Å²) < 4.78 is 8.74. The van der Waals surface area contributed by atoms with Crippen molar-refractivity contribution in [1.29, 1.82) is 0 Å². The molecule has 0 bridgehead atoms. The molecule has 2 aliphatic carbocycles. The first-order valence-electron chi connectivity index (χ1n) is 11.2. The quantitative estimate of drug-likeness (QED) is 0.486. The fraction of sp³-hybridized carbons (Fsp3) is 0.370. The van der Waals surface area contributed by atoms with Crippen LogP contribution >= 0.6 is 0 Å². The Hall–Kier alpha value is -0.313. The molecule has 0 amide bonds. The third kappa shape index (κ3) is 4.50. The van der Waals surface area contributed by atoms with E-state index in [1.807, 2.05) is 6.56 Å². The molecule has 0 unspecified atom stereocenters. The molecule has 2 aromatic carbocycles. The van der Waals surface area contributed by atoms with Gasteiger partial charge >= 0.3 is 194 Å². The third-order valence-electron chi connectivity index (χ3n) is 7.12. The zero-order valence-electron chi connectivity index (χ0n) is 20.7. The Morgan fingerprint density at radius 2 is 0.938 bits per heavy atom. The zero-order valence-corrected chi connectivity index (χ0v) is 26.7. The first-order chi connectivity index (χ1) is 13.9. The maximum Gasteiger partial charge on any atom is -1.00 e. The van der Waals surface area contributed by atoms with Crippen LogP contribution in [-0.2, 0) is 21.3 Å². The minimum absolute atomic E-state index is 0. The summed E-state index contributed by atoms with van der Waals surface area (Å²) in [6, 6.07) is 18.5.